The summed E-state index contributed by atoms with van der Waals surface area (Å²) in [5.74, 6) is 0.259. The lowest BCUT2D eigenvalue weighted by Crippen LogP contribution is -2.21. The lowest BCUT2D eigenvalue weighted by Gasteiger charge is -2.28. The van der Waals surface area contributed by atoms with E-state index < -0.39 is 5.97 Å². The average molecular weight is 260 g/mol. The maximum absolute atomic E-state index is 11.6. The first kappa shape index (κ1) is 15.5. The van der Waals surface area contributed by atoms with Crippen molar-refractivity contribution in [1.29, 1.82) is 0 Å². The fourth-order valence-corrected chi connectivity index (χ4v) is 1.97. The molecule has 0 saturated carbocycles. The monoisotopic (exact) mass is 260 g/mol. The highest BCUT2D eigenvalue weighted by Gasteiger charge is 2.27. The van der Waals surface area contributed by atoms with Crippen LogP contribution in [0.5, 0.6) is 5.75 Å². The topological polar surface area (TPSA) is 26.3 Å². The van der Waals surface area contributed by atoms with Gasteiger partial charge in [0.15, 0.2) is 0 Å². The minimum Gasteiger partial charge on any atom is -0.423 e. The van der Waals surface area contributed by atoms with E-state index in [0.29, 0.717) is 5.75 Å². The molecule has 1 aromatic rings. The van der Waals surface area contributed by atoms with Crippen LogP contribution in [0.4, 0.5) is 0 Å². The number of hydrogen-bond acceptors (Lipinski definition) is 2. The molecule has 0 heterocycles. The summed E-state index contributed by atoms with van der Waals surface area (Å²) in [5.41, 5.74) is 1.90. The number of para-hydroxylation sites is 1. The second-order valence-electron chi connectivity index (χ2n) is 6.81. The molecule has 1 aromatic carbocycles. The summed E-state index contributed by atoms with van der Waals surface area (Å²) >= 11 is 0. The van der Waals surface area contributed by atoms with E-state index in [1.165, 1.54) is 6.08 Å². The first-order valence-electron chi connectivity index (χ1n) is 6.55. The van der Waals surface area contributed by atoms with E-state index in [0.717, 1.165) is 11.1 Å². The van der Waals surface area contributed by atoms with Crippen molar-refractivity contribution in [3.05, 3.63) is 42.0 Å². The predicted octanol–water partition coefficient (Wildman–Crippen LogP) is 4.37. The minimum absolute atomic E-state index is 0.0853. The summed E-state index contributed by atoms with van der Waals surface area (Å²) < 4.78 is 5.52. The molecular weight excluding hydrogens is 236 g/mol. The number of hydrogen-bond donors (Lipinski definition) is 0. The Bertz CT molecular complexity index is 453. The van der Waals surface area contributed by atoms with Gasteiger partial charge < -0.3 is 4.74 Å². The normalized spacial score (nSPS) is 12.1. The number of rotatable bonds is 2. The van der Waals surface area contributed by atoms with Gasteiger partial charge in [-0.05, 0) is 10.8 Å². The van der Waals surface area contributed by atoms with Crippen molar-refractivity contribution < 1.29 is 9.53 Å². The highest BCUT2D eigenvalue weighted by atomic mass is 16.5. The molecule has 0 bridgehead atoms. The van der Waals surface area contributed by atoms with E-state index in [-0.39, 0.29) is 10.8 Å². The Morgan fingerprint density at radius 2 is 1.47 bits per heavy atom. The van der Waals surface area contributed by atoms with E-state index in [1.807, 2.05) is 18.2 Å². The zero-order valence-corrected chi connectivity index (χ0v) is 12.8. The molecule has 0 amide bonds. The Kier molecular flexibility index (Phi) is 4.24. The predicted molar refractivity (Wildman–Crippen MR) is 79.7 cm³/mol. The molecule has 104 valence electrons. The molecule has 0 unspecified atom stereocenters. The number of benzene rings is 1. The van der Waals surface area contributed by atoms with Crippen molar-refractivity contribution in [3.8, 4) is 5.75 Å². The van der Waals surface area contributed by atoms with Gasteiger partial charge in [-0.15, -0.1) is 0 Å². The van der Waals surface area contributed by atoms with Crippen LogP contribution in [0.1, 0.15) is 52.7 Å². The van der Waals surface area contributed by atoms with Crippen molar-refractivity contribution in [3.63, 3.8) is 0 Å². The van der Waals surface area contributed by atoms with Gasteiger partial charge in [0, 0.05) is 17.2 Å². The van der Waals surface area contributed by atoms with Crippen LogP contribution in [-0.4, -0.2) is 5.97 Å². The van der Waals surface area contributed by atoms with Gasteiger partial charge in [-0.1, -0.05) is 66.3 Å². The summed E-state index contributed by atoms with van der Waals surface area (Å²) in [6, 6.07) is 6.05. The fourth-order valence-electron chi connectivity index (χ4n) is 1.97. The van der Waals surface area contributed by atoms with E-state index in [4.69, 9.17) is 4.74 Å². The zero-order chi connectivity index (χ0) is 14.8. The molecular formula is C17H24O2. The number of carbonyl (C=O) groups excluding carboxylic acids is 1. The van der Waals surface area contributed by atoms with Gasteiger partial charge in [-0.2, -0.15) is 0 Å². The Balaban J connectivity index is 3.50. The van der Waals surface area contributed by atoms with E-state index in [2.05, 4.69) is 48.1 Å². The van der Waals surface area contributed by atoms with Crippen LogP contribution < -0.4 is 4.74 Å². The molecule has 0 aliphatic heterocycles. The number of ether oxygens (including phenoxy) is 1. The summed E-state index contributed by atoms with van der Waals surface area (Å²) in [4.78, 5) is 11.6. The first-order chi connectivity index (χ1) is 8.57. The summed E-state index contributed by atoms with van der Waals surface area (Å²) in [6.07, 6.45) is 1.20. The molecule has 0 radical (unpaired) electrons. The van der Waals surface area contributed by atoms with Crippen molar-refractivity contribution in [2.75, 3.05) is 0 Å². The standard InChI is InChI=1S/C17H24O2/c1-8-14(18)19-15-12(16(2,3)4)10-9-11-13(15)17(5,6)7/h8-11H,1H2,2-7H3. The smallest absolute Gasteiger partial charge is 0.335 e. The van der Waals surface area contributed by atoms with Crippen molar-refractivity contribution in [2.24, 2.45) is 0 Å². The average Bonchev–Trinajstić information content (AvgIpc) is 2.26. The number of carbonyl (C=O) groups is 1. The largest absolute Gasteiger partial charge is 0.423 e. The second-order valence-corrected chi connectivity index (χ2v) is 6.81. The Hall–Kier alpha value is -1.57. The summed E-state index contributed by atoms with van der Waals surface area (Å²) in [7, 11) is 0. The van der Waals surface area contributed by atoms with Gasteiger partial charge in [0.1, 0.15) is 5.75 Å². The van der Waals surface area contributed by atoms with Crippen LogP contribution in [0.3, 0.4) is 0 Å². The first-order valence-corrected chi connectivity index (χ1v) is 6.55. The number of esters is 1. The van der Waals surface area contributed by atoms with Gasteiger partial charge in [0.25, 0.3) is 0 Å². The van der Waals surface area contributed by atoms with E-state index in [9.17, 15) is 4.79 Å². The third kappa shape index (κ3) is 3.69. The van der Waals surface area contributed by atoms with Gasteiger partial charge in [0.05, 0.1) is 0 Å². The van der Waals surface area contributed by atoms with Crippen molar-refractivity contribution >= 4 is 5.97 Å². The van der Waals surface area contributed by atoms with Crippen LogP contribution in [-0.2, 0) is 15.6 Å². The summed E-state index contributed by atoms with van der Waals surface area (Å²) in [6.45, 7) is 16.1. The van der Waals surface area contributed by atoms with Crippen LogP contribution in [0.25, 0.3) is 0 Å². The maximum Gasteiger partial charge on any atom is 0.335 e. The molecule has 0 saturated heterocycles. The second kappa shape index (κ2) is 5.20. The minimum atomic E-state index is -0.415. The van der Waals surface area contributed by atoms with E-state index >= 15 is 0 Å². The molecule has 0 N–H and O–H groups in total. The quantitative estimate of drug-likeness (QED) is 0.448. The molecule has 19 heavy (non-hydrogen) atoms. The summed E-state index contributed by atoms with van der Waals surface area (Å²) in [5, 5.41) is 0. The van der Waals surface area contributed by atoms with Gasteiger partial charge >= 0.3 is 5.97 Å². The Morgan fingerprint density at radius 3 is 1.79 bits per heavy atom. The van der Waals surface area contributed by atoms with Crippen molar-refractivity contribution in [2.45, 2.75) is 52.4 Å². The molecule has 0 aliphatic rings. The van der Waals surface area contributed by atoms with Crippen LogP contribution >= 0.6 is 0 Å². The SMILES string of the molecule is C=CC(=O)Oc1c(C(C)(C)C)cccc1C(C)(C)C. The van der Waals surface area contributed by atoms with Crippen molar-refractivity contribution in [1.82, 2.24) is 0 Å². The van der Waals surface area contributed by atoms with Gasteiger partial charge in [0.2, 0.25) is 0 Å². The lowest BCUT2D eigenvalue weighted by molar-refractivity contribution is -0.129. The molecule has 0 aliphatic carbocycles. The van der Waals surface area contributed by atoms with Gasteiger partial charge in [-0.25, -0.2) is 4.79 Å². The highest BCUT2D eigenvalue weighted by molar-refractivity contribution is 5.84. The molecule has 0 atom stereocenters. The Morgan fingerprint density at radius 1 is 1.05 bits per heavy atom. The molecule has 0 aromatic heterocycles. The third-order valence-corrected chi connectivity index (χ3v) is 3.00. The Labute approximate surface area is 116 Å². The molecule has 2 nitrogen and oxygen atoms in total. The van der Waals surface area contributed by atoms with Gasteiger partial charge in [-0.3, -0.25) is 0 Å². The fraction of sp³-hybridized carbons (Fsp3) is 0.471. The molecule has 2 heteroatoms. The zero-order valence-electron chi connectivity index (χ0n) is 12.8. The maximum atomic E-state index is 11.6. The van der Waals surface area contributed by atoms with E-state index in [1.54, 1.807) is 0 Å². The van der Waals surface area contributed by atoms with Crippen LogP contribution in [0.15, 0.2) is 30.9 Å². The molecule has 0 spiro atoms. The van der Waals surface area contributed by atoms with Crippen LogP contribution in [0.2, 0.25) is 0 Å². The van der Waals surface area contributed by atoms with Crippen LogP contribution in [0, 0.1) is 0 Å². The highest BCUT2D eigenvalue weighted by Crippen LogP contribution is 2.39. The molecule has 0 fully saturated rings. The molecule has 1 rings (SSSR count). The lowest BCUT2D eigenvalue weighted by atomic mass is 9.79. The third-order valence-electron chi connectivity index (χ3n) is 3.00.